The second kappa shape index (κ2) is 7.01. The molecule has 1 saturated carbocycles. The first-order valence-electron chi connectivity index (χ1n) is 8.07. The van der Waals surface area contributed by atoms with E-state index in [1.165, 1.54) is 12.8 Å². The van der Waals surface area contributed by atoms with Crippen LogP contribution in [0, 0.1) is 0 Å². The van der Waals surface area contributed by atoms with Crippen molar-refractivity contribution in [2.24, 2.45) is 0 Å². The van der Waals surface area contributed by atoms with Crippen LogP contribution in [0.1, 0.15) is 25.7 Å². The number of hydrogen-bond acceptors (Lipinski definition) is 4. The van der Waals surface area contributed by atoms with Crippen molar-refractivity contribution in [3.05, 3.63) is 24.3 Å². The van der Waals surface area contributed by atoms with E-state index in [0.717, 1.165) is 30.8 Å². The van der Waals surface area contributed by atoms with Gasteiger partial charge in [-0.3, -0.25) is 4.79 Å². The number of anilines is 1. The molecule has 22 heavy (non-hydrogen) atoms. The molecule has 2 aliphatic rings. The summed E-state index contributed by atoms with van der Waals surface area (Å²) < 4.78 is 10.9. The Kier molecular flexibility index (Phi) is 4.83. The molecule has 120 valence electrons. The molecule has 1 aromatic carbocycles. The first kappa shape index (κ1) is 15.2. The molecular formula is C17H24N2O3. The van der Waals surface area contributed by atoms with Crippen LogP contribution in [-0.4, -0.2) is 44.9 Å². The molecule has 0 unspecified atom stereocenters. The maximum Gasteiger partial charge on any atom is 0.251 e. The number of morpholine rings is 1. The lowest BCUT2D eigenvalue weighted by Crippen LogP contribution is -2.51. The Labute approximate surface area is 131 Å². The monoisotopic (exact) mass is 304 g/mol. The molecule has 5 nitrogen and oxygen atoms in total. The van der Waals surface area contributed by atoms with Gasteiger partial charge in [-0.05, 0) is 25.0 Å². The number of hydrogen-bond donors (Lipinski definition) is 1. The number of nitrogens with zero attached hydrogens (tertiary/aromatic N) is 1. The van der Waals surface area contributed by atoms with Crippen LogP contribution in [0.4, 0.5) is 5.69 Å². The van der Waals surface area contributed by atoms with Crippen LogP contribution < -0.4 is 15.0 Å². The molecule has 0 radical (unpaired) electrons. The summed E-state index contributed by atoms with van der Waals surface area (Å²) in [6.07, 6.45) is 4.23. The highest BCUT2D eigenvalue weighted by Crippen LogP contribution is 2.23. The van der Waals surface area contributed by atoms with Gasteiger partial charge in [0.25, 0.3) is 5.91 Å². The van der Waals surface area contributed by atoms with Gasteiger partial charge in [-0.25, -0.2) is 0 Å². The zero-order valence-corrected chi connectivity index (χ0v) is 13.1. The Hall–Kier alpha value is -1.75. The lowest BCUT2D eigenvalue weighted by atomic mass is 10.2. The third-order valence-electron chi connectivity index (χ3n) is 4.48. The molecule has 1 amide bonds. The molecule has 1 aliphatic heterocycles. The van der Waals surface area contributed by atoms with Gasteiger partial charge in [-0.15, -0.1) is 0 Å². The summed E-state index contributed by atoms with van der Waals surface area (Å²) in [4.78, 5) is 14.6. The average molecular weight is 304 g/mol. The first-order valence-corrected chi connectivity index (χ1v) is 8.07. The van der Waals surface area contributed by atoms with Gasteiger partial charge in [-0.1, -0.05) is 18.9 Å². The van der Waals surface area contributed by atoms with E-state index in [0.29, 0.717) is 19.2 Å². The minimum atomic E-state index is -0.388. The van der Waals surface area contributed by atoms with E-state index >= 15 is 0 Å². The summed E-state index contributed by atoms with van der Waals surface area (Å²) in [6.45, 7) is 1.95. The fourth-order valence-electron chi connectivity index (χ4n) is 3.21. The van der Waals surface area contributed by atoms with Crippen molar-refractivity contribution >= 4 is 11.6 Å². The number of methoxy groups -OCH3 is 1. The number of rotatable bonds is 4. The van der Waals surface area contributed by atoms with Gasteiger partial charge in [0.15, 0.2) is 6.10 Å². The largest absolute Gasteiger partial charge is 0.497 e. The normalized spacial score (nSPS) is 22.6. The van der Waals surface area contributed by atoms with Crippen LogP contribution >= 0.6 is 0 Å². The third kappa shape index (κ3) is 3.53. The van der Waals surface area contributed by atoms with Crippen molar-refractivity contribution < 1.29 is 14.3 Å². The Bertz CT molecular complexity index is 514. The van der Waals surface area contributed by atoms with Gasteiger partial charge in [0, 0.05) is 24.3 Å². The zero-order valence-electron chi connectivity index (χ0n) is 13.1. The maximum atomic E-state index is 12.4. The van der Waals surface area contributed by atoms with Gasteiger partial charge in [-0.2, -0.15) is 0 Å². The van der Waals surface area contributed by atoms with E-state index in [1.54, 1.807) is 7.11 Å². The van der Waals surface area contributed by atoms with E-state index in [2.05, 4.69) is 10.2 Å². The Morgan fingerprint density at radius 2 is 2.18 bits per heavy atom. The van der Waals surface area contributed by atoms with Crippen molar-refractivity contribution in [3.8, 4) is 5.75 Å². The molecule has 1 atom stereocenters. The van der Waals surface area contributed by atoms with Gasteiger partial charge in [0.2, 0.25) is 0 Å². The fraction of sp³-hybridized carbons (Fsp3) is 0.588. The number of carbonyl (C=O) groups excluding carboxylic acids is 1. The summed E-state index contributed by atoms with van der Waals surface area (Å²) in [5.74, 6) is 0.857. The molecule has 1 aromatic rings. The molecular weight excluding hydrogens is 280 g/mol. The van der Waals surface area contributed by atoms with Gasteiger partial charge >= 0.3 is 0 Å². The van der Waals surface area contributed by atoms with Crippen LogP contribution in [-0.2, 0) is 9.53 Å². The summed E-state index contributed by atoms with van der Waals surface area (Å²) in [5, 5.41) is 3.13. The van der Waals surface area contributed by atoms with E-state index in [9.17, 15) is 4.79 Å². The minimum Gasteiger partial charge on any atom is -0.497 e. The molecule has 0 spiro atoms. The molecule has 1 heterocycles. The van der Waals surface area contributed by atoms with Gasteiger partial charge in [0.1, 0.15) is 5.75 Å². The Morgan fingerprint density at radius 1 is 1.36 bits per heavy atom. The van der Waals surface area contributed by atoms with Gasteiger partial charge in [0.05, 0.1) is 20.3 Å². The highest BCUT2D eigenvalue weighted by Gasteiger charge is 2.29. The van der Waals surface area contributed by atoms with E-state index in [4.69, 9.17) is 9.47 Å². The van der Waals surface area contributed by atoms with E-state index in [-0.39, 0.29) is 12.0 Å². The molecule has 1 saturated heterocycles. The molecule has 1 aliphatic carbocycles. The highest BCUT2D eigenvalue weighted by molar-refractivity contribution is 5.82. The third-order valence-corrected chi connectivity index (χ3v) is 4.48. The molecule has 0 aromatic heterocycles. The summed E-state index contributed by atoms with van der Waals surface area (Å²) in [5.41, 5.74) is 1.07. The number of nitrogens with one attached hydrogen (secondary N) is 1. The predicted molar refractivity (Wildman–Crippen MR) is 85.3 cm³/mol. The van der Waals surface area contributed by atoms with Crippen molar-refractivity contribution in [1.29, 1.82) is 0 Å². The number of carbonyl (C=O) groups is 1. The van der Waals surface area contributed by atoms with Crippen LogP contribution in [0.5, 0.6) is 5.75 Å². The molecule has 0 bridgehead atoms. The van der Waals surface area contributed by atoms with Crippen LogP contribution in [0.2, 0.25) is 0 Å². The van der Waals surface area contributed by atoms with E-state index < -0.39 is 0 Å². The highest BCUT2D eigenvalue weighted by atomic mass is 16.5. The number of ether oxygens (including phenoxy) is 2. The lowest BCUT2D eigenvalue weighted by Gasteiger charge is -2.34. The van der Waals surface area contributed by atoms with Crippen molar-refractivity contribution in [2.75, 3.05) is 31.7 Å². The molecule has 3 rings (SSSR count). The second-order valence-corrected chi connectivity index (χ2v) is 6.00. The van der Waals surface area contributed by atoms with Crippen LogP contribution in [0.25, 0.3) is 0 Å². The molecule has 5 heteroatoms. The molecule has 1 N–H and O–H groups in total. The Morgan fingerprint density at radius 3 is 2.95 bits per heavy atom. The Balaban J connectivity index is 1.61. The average Bonchev–Trinajstić information content (AvgIpc) is 3.08. The molecule has 2 fully saturated rings. The summed E-state index contributed by atoms with van der Waals surface area (Å²) >= 11 is 0. The van der Waals surface area contributed by atoms with Gasteiger partial charge < -0.3 is 19.7 Å². The van der Waals surface area contributed by atoms with Crippen LogP contribution in [0.15, 0.2) is 24.3 Å². The predicted octanol–water partition coefficient (Wildman–Crippen LogP) is 1.96. The zero-order chi connectivity index (χ0) is 15.4. The smallest absolute Gasteiger partial charge is 0.251 e. The maximum absolute atomic E-state index is 12.4. The number of amides is 1. The first-order chi connectivity index (χ1) is 10.8. The lowest BCUT2D eigenvalue weighted by molar-refractivity contribution is -0.134. The van der Waals surface area contributed by atoms with Crippen molar-refractivity contribution in [1.82, 2.24) is 5.32 Å². The van der Waals surface area contributed by atoms with Crippen molar-refractivity contribution in [3.63, 3.8) is 0 Å². The standard InChI is InChI=1S/C17H24N2O3/c1-21-15-8-4-7-14(11-15)19-9-10-22-16(12-19)17(20)18-13-5-2-3-6-13/h4,7-8,11,13,16H,2-3,5-6,9-10,12H2,1H3,(H,18,20)/t16-/m0/s1. The summed E-state index contributed by atoms with van der Waals surface area (Å²) in [6, 6.07) is 8.27. The SMILES string of the molecule is COc1cccc(N2CCO[C@H](C(=O)NC3CCCC3)C2)c1. The topological polar surface area (TPSA) is 50.8 Å². The fourth-order valence-corrected chi connectivity index (χ4v) is 3.21. The second-order valence-electron chi connectivity index (χ2n) is 6.00. The van der Waals surface area contributed by atoms with Crippen LogP contribution in [0.3, 0.4) is 0 Å². The summed E-state index contributed by atoms with van der Waals surface area (Å²) in [7, 11) is 1.66. The van der Waals surface area contributed by atoms with E-state index in [1.807, 2.05) is 24.3 Å². The minimum absolute atomic E-state index is 0.0273. The van der Waals surface area contributed by atoms with Crippen molar-refractivity contribution in [2.45, 2.75) is 37.8 Å². The number of benzene rings is 1. The quantitative estimate of drug-likeness (QED) is 0.924.